The lowest BCUT2D eigenvalue weighted by Gasteiger charge is -2.55. The maximum Gasteiger partial charge on any atom is 0.0450 e. The van der Waals surface area contributed by atoms with Gasteiger partial charge >= 0.3 is 0 Å². The van der Waals surface area contributed by atoms with Crippen molar-refractivity contribution in [3.8, 4) is 0 Å². The summed E-state index contributed by atoms with van der Waals surface area (Å²) in [6.45, 7) is 7.08. The van der Waals surface area contributed by atoms with E-state index in [0.29, 0.717) is 17.6 Å². The van der Waals surface area contributed by atoms with Crippen molar-refractivity contribution in [3.63, 3.8) is 0 Å². The minimum Gasteiger partial charge on any atom is -0.307 e. The van der Waals surface area contributed by atoms with Gasteiger partial charge in [0.25, 0.3) is 0 Å². The molecule has 19 heavy (non-hydrogen) atoms. The summed E-state index contributed by atoms with van der Waals surface area (Å²) in [5.74, 6) is 0. The van der Waals surface area contributed by atoms with E-state index in [0.717, 1.165) is 6.54 Å². The maximum absolute atomic E-state index is 3.74. The summed E-state index contributed by atoms with van der Waals surface area (Å²) >= 11 is 0. The van der Waals surface area contributed by atoms with Gasteiger partial charge < -0.3 is 5.32 Å². The Kier molecular flexibility index (Phi) is 3.64. The van der Waals surface area contributed by atoms with Crippen LogP contribution in [0.15, 0.2) is 30.3 Å². The van der Waals surface area contributed by atoms with Gasteiger partial charge in [-0.2, -0.15) is 0 Å². The van der Waals surface area contributed by atoms with E-state index >= 15 is 0 Å². The van der Waals surface area contributed by atoms with E-state index in [1.165, 1.54) is 37.8 Å². The molecular formula is C17H26N2. The minimum atomic E-state index is 0.468. The van der Waals surface area contributed by atoms with Crippen LogP contribution in [0, 0.1) is 0 Å². The molecule has 0 aromatic heterocycles. The van der Waals surface area contributed by atoms with E-state index < -0.39 is 0 Å². The van der Waals surface area contributed by atoms with E-state index in [9.17, 15) is 0 Å². The molecule has 1 aliphatic heterocycles. The molecule has 1 aromatic rings. The van der Waals surface area contributed by atoms with Gasteiger partial charge in [0.05, 0.1) is 0 Å². The zero-order valence-corrected chi connectivity index (χ0v) is 12.2. The van der Waals surface area contributed by atoms with Crippen molar-refractivity contribution in [1.82, 2.24) is 10.2 Å². The first-order valence-corrected chi connectivity index (χ1v) is 7.78. The molecule has 2 heteroatoms. The lowest BCUT2D eigenvalue weighted by Crippen LogP contribution is -2.63. The van der Waals surface area contributed by atoms with Crippen LogP contribution in [-0.4, -0.2) is 29.6 Å². The molecule has 1 heterocycles. The van der Waals surface area contributed by atoms with Gasteiger partial charge in [0.2, 0.25) is 0 Å². The van der Waals surface area contributed by atoms with Crippen molar-refractivity contribution in [2.24, 2.45) is 0 Å². The average Bonchev–Trinajstić information content (AvgIpc) is 2.45. The standard InChI is InChI=1S/C17H26N2/c1-3-15-12-18-16(14-8-5-4-6-9-14)13-19(15)17(2)10-7-11-17/h4-6,8-9,15-16,18H,3,7,10-13H2,1-2H3. The van der Waals surface area contributed by atoms with Gasteiger partial charge in [-0.1, -0.05) is 37.3 Å². The summed E-state index contributed by atoms with van der Waals surface area (Å²) in [6.07, 6.45) is 5.42. The first-order chi connectivity index (χ1) is 9.23. The second-order valence-corrected chi connectivity index (χ2v) is 6.44. The molecule has 2 unspecified atom stereocenters. The Bertz CT molecular complexity index is 411. The molecule has 3 rings (SSSR count). The highest BCUT2D eigenvalue weighted by Crippen LogP contribution is 2.40. The number of nitrogens with zero attached hydrogens (tertiary/aromatic N) is 1. The molecule has 0 spiro atoms. The fraction of sp³-hybridized carbons (Fsp3) is 0.647. The number of hydrogen-bond acceptors (Lipinski definition) is 2. The van der Waals surface area contributed by atoms with E-state index in [-0.39, 0.29) is 0 Å². The van der Waals surface area contributed by atoms with E-state index in [4.69, 9.17) is 0 Å². The molecule has 1 saturated heterocycles. The Morgan fingerprint density at radius 3 is 2.58 bits per heavy atom. The summed E-state index contributed by atoms with van der Waals surface area (Å²) in [6, 6.07) is 12.1. The summed E-state index contributed by atoms with van der Waals surface area (Å²) in [4.78, 5) is 2.80. The maximum atomic E-state index is 3.74. The monoisotopic (exact) mass is 258 g/mol. The van der Waals surface area contributed by atoms with Gasteiger partial charge in [0.15, 0.2) is 0 Å². The second kappa shape index (κ2) is 5.26. The smallest absolute Gasteiger partial charge is 0.0450 e. The van der Waals surface area contributed by atoms with Crippen LogP contribution in [0.1, 0.15) is 51.1 Å². The summed E-state index contributed by atoms with van der Waals surface area (Å²) in [5, 5.41) is 3.74. The van der Waals surface area contributed by atoms with Crippen LogP contribution < -0.4 is 5.32 Å². The number of benzene rings is 1. The molecule has 1 N–H and O–H groups in total. The lowest BCUT2D eigenvalue weighted by atomic mass is 9.75. The largest absolute Gasteiger partial charge is 0.307 e. The molecule has 1 aromatic carbocycles. The summed E-state index contributed by atoms with van der Waals surface area (Å²) in [7, 11) is 0. The number of hydrogen-bond donors (Lipinski definition) is 1. The van der Waals surface area contributed by atoms with E-state index in [1.807, 2.05) is 0 Å². The summed E-state index contributed by atoms with van der Waals surface area (Å²) < 4.78 is 0. The number of rotatable bonds is 3. The molecule has 104 valence electrons. The van der Waals surface area contributed by atoms with Gasteiger partial charge in [0.1, 0.15) is 0 Å². The molecule has 2 atom stereocenters. The van der Waals surface area contributed by atoms with Gasteiger partial charge in [-0.25, -0.2) is 0 Å². The first kappa shape index (κ1) is 13.1. The molecule has 1 aliphatic carbocycles. The molecule has 2 fully saturated rings. The highest BCUT2D eigenvalue weighted by molar-refractivity contribution is 5.20. The van der Waals surface area contributed by atoms with Crippen molar-refractivity contribution in [2.45, 2.75) is 57.2 Å². The minimum absolute atomic E-state index is 0.468. The van der Waals surface area contributed by atoms with Crippen molar-refractivity contribution in [3.05, 3.63) is 35.9 Å². The zero-order chi connectivity index (χ0) is 13.3. The van der Waals surface area contributed by atoms with Crippen LogP contribution in [0.25, 0.3) is 0 Å². The molecule has 2 aliphatic rings. The van der Waals surface area contributed by atoms with Crippen LogP contribution in [0.2, 0.25) is 0 Å². The van der Waals surface area contributed by atoms with Crippen LogP contribution in [0.4, 0.5) is 0 Å². The normalized spacial score (nSPS) is 30.8. The van der Waals surface area contributed by atoms with Crippen LogP contribution >= 0.6 is 0 Å². The van der Waals surface area contributed by atoms with Crippen LogP contribution in [-0.2, 0) is 0 Å². The molecule has 0 radical (unpaired) electrons. The average molecular weight is 258 g/mol. The van der Waals surface area contributed by atoms with Crippen molar-refractivity contribution in [1.29, 1.82) is 0 Å². The Morgan fingerprint density at radius 2 is 2.00 bits per heavy atom. The van der Waals surface area contributed by atoms with Crippen molar-refractivity contribution < 1.29 is 0 Å². The van der Waals surface area contributed by atoms with Crippen molar-refractivity contribution >= 4 is 0 Å². The van der Waals surface area contributed by atoms with Gasteiger partial charge in [-0.05, 0) is 38.2 Å². The zero-order valence-electron chi connectivity index (χ0n) is 12.2. The Labute approximate surface area is 117 Å². The molecule has 1 saturated carbocycles. The van der Waals surface area contributed by atoms with E-state index in [2.05, 4.69) is 54.4 Å². The molecule has 0 bridgehead atoms. The van der Waals surface area contributed by atoms with Crippen molar-refractivity contribution in [2.75, 3.05) is 13.1 Å². The Hall–Kier alpha value is -0.860. The Balaban J connectivity index is 1.77. The molecule has 0 amide bonds. The van der Waals surface area contributed by atoms with E-state index in [1.54, 1.807) is 0 Å². The predicted octanol–water partition coefficient (Wildman–Crippen LogP) is 3.35. The lowest BCUT2D eigenvalue weighted by molar-refractivity contribution is -0.0298. The number of nitrogens with one attached hydrogen (secondary N) is 1. The topological polar surface area (TPSA) is 15.3 Å². The van der Waals surface area contributed by atoms with Gasteiger partial charge in [-0.3, -0.25) is 4.90 Å². The second-order valence-electron chi connectivity index (χ2n) is 6.44. The highest BCUT2D eigenvalue weighted by Gasteiger charge is 2.43. The number of piperazine rings is 1. The highest BCUT2D eigenvalue weighted by atomic mass is 15.3. The fourth-order valence-corrected chi connectivity index (χ4v) is 3.71. The SMILES string of the molecule is CCC1CNC(c2ccccc2)CN1C1(C)CCC1. The predicted molar refractivity (Wildman–Crippen MR) is 80.2 cm³/mol. The fourth-order valence-electron chi connectivity index (χ4n) is 3.71. The molecular weight excluding hydrogens is 232 g/mol. The summed E-state index contributed by atoms with van der Waals surface area (Å²) in [5.41, 5.74) is 1.90. The van der Waals surface area contributed by atoms with Gasteiger partial charge in [0, 0.05) is 30.7 Å². The van der Waals surface area contributed by atoms with Crippen LogP contribution in [0.5, 0.6) is 0 Å². The molecule has 2 nitrogen and oxygen atoms in total. The third-order valence-corrected chi connectivity index (χ3v) is 5.22. The first-order valence-electron chi connectivity index (χ1n) is 7.78. The quantitative estimate of drug-likeness (QED) is 0.894. The van der Waals surface area contributed by atoms with Crippen LogP contribution in [0.3, 0.4) is 0 Å². The third kappa shape index (κ3) is 2.44. The Morgan fingerprint density at radius 1 is 1.26 bits per heavy atom. The van der Waals surface area contributed by atoms with Gasteiger partial charge in [-0.15, -0.1) is 0 Å². The third-order valence-electron chi connectivity index (χ3n) is 5.22.